The molecule has 2 aliphatic heterocycles. The molecule has 0 aliphatic carbocycles. The number of epoxide rings is 1. The number of hydrogen-bond donors (Lipinski definition) is 0. The zero-order valence-corrected chi connectivity index (χ0v) is 17.6. The second-order valence-electron chi connectivity index (χ2n) is 6.02. The fraction of sp³-hybridized carbons (Fsp3) is 1.00. The average Bonchev–Trinajstić information content (AvgIpc) is 3.01. The van der Waals surface area contributed by atoms with Crippen molar-refractivity contribution in [1.82, 2.24) is 0 Å². The highest BCUT2D eigenvalue weighted by atomic mass is 28.5. The quantitative estimate of drug-likeness (QED) is 0.539. The summed E-state index contributed by atoms with van der Waals surface area (Å²) in [7, 11) is -6.97. The molecule has 0 aromatic heterocycles. The summed E-state index contributed by atoms with van der Waals surface area (Å²) in [4.78, 5) is 0. The first-order chi connectivity index (χ1) is 9.31. The van der Waals surface area contributed by atoms with Crippen LogP contribution in [0.3, 0.4) is 0 Å². The zero-order valence-electron chi connectivity index (χ0n) is 13.0. The SMILES string of the molecule is CCCOC1OC1C[SiH]1O[Si](C)(C)O[SiH2]O[Si](C)(C)O1. The van der Waals surface area contributed by atoms with E-state index in [0.717, 1.165) is 19.1 Å². The van der Waals surface area contributed by atoms with Crippen molar-refractivity contribution in [3.8, 4) is 0 Å². The van der Waals surface area contributed by atoms with Crippen molar-refractivity contribution in [3.63, 3.8) is 0 Å². The summed E-state index contributed by atoms with van der Waals surface area (Å²) in [6, 6.07) is 0.815. The van der Waals surface area contributed by atoms with E-state index in [1.54, 1.807) is 0 Å². The predicted octanol–water partition coefficient (Wildman–Crippen LogP) is 0.841. The van der Waals surface area contributed by atoms with E-state index in [9.17, 15) is 0 Å². The molecule has 0 radical (unpaired) electrons. The molecule has 2 fully saturated rings. The van der Waals surface area contributed by atoms with Gasteiger partial charge in [0.15, 0.2) is 6.29 Å². The molecule has 0 amide bonds. The van der Waals surface area contributed by atoms with Gasteiger partial charge >= 0.3 is 26.4 Å². The van der Waals surface area contributed by atoms with Crippen LogP contribution in [0.25, 0.3) is 0 Å². The molecule has 20 heavy (non-hydrogen) atoms. The third kappa shape index (κ3) is 5.44. The van der Waals surface area contributed by atoms with Crippen molar-refractivity contribution in [2.45, 2.75) is 58.0 Å². The Hall–Kier alpha value is 0.628. The van der Waals surface area contributed by atoms with Gasteiger partial charge in [-0.05, 0) is 32.6 Å². The first-order valence-electron chi connectivity index (χ1n) is 7.22. The highest BCUT2D eigenvalue weighted by Gasteiger charge is 2.46. The van der Waals surface area contributed by atoms with Gasteiger partial charge in [0.05, 0.1) is 0 Å². The van der Waals surface area contributed by atoms with Crippen LogP contribution < -0.4 is 0 Å². The molecule has 0 aromatic rings. The van der Waals surface area contributed by atoms with Gasteiger partial charge in [-0.25, -0.2) is 0 Å². The maximum atomic E-state index is 6.21. The second kappa shape index (κ2) is 6.81. The average molecular weight is 355 g/mol. The van der Waals surface area contributed by atoms with Crippen LogP contribution in [0.2, 0.25) is 32.2 Å². The van der Waals surface area contributed by atoms with Crippen molar-refractivity contribution in [2.24, 2.45) is 0 Å². The van der Waals surface area contributed by atoms with Gasteiger partial charge in [-0.2, -0.15) is 0 Å². The van der Waals surface area contributed by atoms with Crippen molar-refractivity contribution in [1.29, 1.82) is 0 Å². The summed E-state index contributed by atoms with van der Waals surface area (Å²) >= 11 is 0. The predicted molar refractivity (Wildman–Crippen MR) is 84.7 cm³/mol. The molecule has 0 saturated carbocycles. The molecule has 6 nitrogen and oxygen atoms in total. The van der Waals surface area contributed by atoms with Crippen molar-refractivity contribution in [2.75, 3.05) is 6.61 Å². The first kappa shape index (κ1) is 17.0. The minimum Gasteiger partial charge on any atom is -0.420 e. The van der Waals surface area contributed by atoms with Gasteiger partial charge in [-0.15, -0.1) is 0 Å². The summed E-state index contributed by atoms with van der Waals surface area (Å²) in [5.74, 6) is 0. The molecule has 118 valence electrons. The number of ether oxygens (including phenoxy) is 2. The van der Waals surface area contributed by atoms with Crippen molar-refractivity contribution in [3.05, 3.63) is 0 Å². The van der Waals surface area contributed by atoms with Crippen molar-refractivity contribution < 1.29 is 25.9 Å². The lowest BCUT2D eigenvalue weighted by atomic mass is 10.5. The fourth-order valence-electron chi connectivity index (χ4n) is 2.00. The Morgan fingerprint density at radius 3 is 2.25 bits per heavy atom. The lowest BCUT2D eigenvalue weighted by Gasteiger charge is -2.37. The maximum Gasteiger partial charge on any atom is 0.313 e. The molecule has 2 saturated heterocycles. The lowest BCUT2D eigenvalue weighted by Crippen LogP contribution is -2.53. The Morgan fingerprint density at radius 2 is 1.70 bits per heavy atom. The Morgan fingerprint density at radius 1 is 1.10 bits per heavy atom. The first-order valence-corrected chi connectivity index (χ1v) is 15.8. The van der Waals surface area contributed by atoms with E-state index in [2.05, 4.69) is 33.1 Å². The van der Waals surface area contributed by atoms with E-state index in [-0.39, 0.29) is 12.4 Å². The summed E-state index contributed by atoms with van der Waals surface area (Å²) in [6.45, 7) is 11.1. The maximum absolute atomic E-state index is 6.21. The van der Waals surface area contributed by atoms with Crippen LogP contribution in [-0.2, 0) is 25.9 Å². The van der Waals surface area contributed by atoms with Crippen LogP contribution in [0.1, 0.15) is 13.3 Å². The van der Waals surface area contributed by atoms with Crippen LogP contribution in [0.15, 0.2) is 0 Å². The summed E-state index contributed by atoms with van der Waals surface area (Å²) in [5.41, 5.74) is 0. The van der Waals surface area contributed by atoms with Gasteiger partial charge in [0.25, 0.3) is 10.0 Å². The van der Waals surface area contributed by atoms with Crippen LogP contribution in [0.5, 0.6) is 0 Å². The molecule has 0 aromatic carbocycles. The van der Waals surface area contributed by atoms with E-state index in [1.165, 1.54) is 0 Å². The second-order valence-corrected chi connectivity index (χ2v) is 17.4. The van der Waals surface area contributed by atoms with Gasteiger partial charge < -0.3 is 25.9 Å². The highest BCUT2D eigenvalue weighted by molar-refractivity contribution is 6.82. The lowest BCUT2D eigenvalue weighted by molar-refractivity contribution is 0.0507. The molecular formula is C10H26O6Si4. The minimum absolute atomic E-state index is 0.0640. The van der Waals surface area contributed by atoms with Crippen LogP contribution in [0.4, 0.5) is 0 Å². The van der Waals surface area contributed by atoms with Gasteiger partial charge in [-0.3, -0.25) is 0 Å². The van der Waals surface area contributed by atoms with Gasteiger partial charge in [0.2, 0.25) is 0 Å². The normalized spacial score (nSPS) is 37.4. The third-order valence-corrected chi connectivity index (χ3v) is 17.1. The van der Waals surface area contributed by atoms with Crippen LogP contribution >= 0.6 is 0 Å². The smallest absolute Gasteiger partial charge is 0.313 e. The van der Waals surface area contributed by atoms with Crippen molar-refractivity contribution >= 4 is 36.4 Å². The Bertz CT molecular complexity index is 311. The highest BCUT2D eigenvalue weighted by Crippen LogP contribution is 2.31. The largest absolute Gasteiger partial charge is 0.420 e. The molecule has 2 unspecified atom stereocenters. The minimum atomic E-state index is -2.09. The van der Waals surface area contributed by atoms with Gasteiger partial charge in [0, 0.05) is 12.7 Å². The van der Waals surface area contributed by atoms with E-state index < -0.39 is 36.4 Å². The molecule has 10 heteroatoms. The summed E-state index contributed by atoms with van der Waals surface area (Å²) in [5, 5.41) is 0. The zero-order chi connectivity index (χ0) is 14.8. The number of rotatable bonds is 5. The van der Waals surface area contributed by atoms with Crippen LogP contribution in [-0.4, -0.2) is 55.4 Å². The fourth-order valence-corrected chi connectivity index (χ4v) is 14.0. The van der Waals surface area contributed by atoms with E-state index in [0.29, 0.717) is 0 Å². The monoisotopic (exact) mass is 354 g/mol. The van der Waals surface area contributed by atoms with E-state index in [1.807, 2.05) is 0 Å². The molecule has 2 atom stereocenters. The molecule has 0 N–H and O–H groups in total. The summed E-state index contributed by atoms with van der Waals surface area (Å²) in [6.07, 6.45) is 1.07. The topological polar surface area (TPSA) is 58.7 Å². The molecule has 0 bridgehead atoms. The Balaban J connectivity index is 1.86. The van der Waals surface area contributed by atoms with Gasteiger partial charge in [-0.1, -0.05) is 6.92 Å². The standard InChI is InChI=1S/C10H26O6Si4/c1-6-7-11-10-9(12-10)8-18-15-19(2,3)13-17-14-20(4,5)16-18/h9-10,18H,6-8,17H2,1-5H3. The molecule has 2 aliphatic rings. The van der Waals surface area contributed by atoms with E-state index in [4.69, 9.17) is 25.9 Å². The Labute approximate surface area is 127 Å². The summed E-state index contributed by atoms with van der Waals surface area (Å²) < 4.78 is 35.3. The molecule has 2 heterocycles. The Kier molecular flexibility index (Phi) is 5.78. The van der Waals surface area contributed by atoms with Crippen LogP contribution in [0, 0.1) is 0 Å². The molecule has 2 rings (SSSR count). The van der Waals surface area contributed by atoms with Gasteiger partial charge in [0.1, 0.15) is 6.10 Å². The van der Waals surface area contributed by atoms with E-state index >= 15 is 0 Å². The third-order valence-electron chi connectivity index (χ3n) is 3.09. The number of hydrogen-bond acceptors (Lipinski definition) is 6. The molecular weight excluding hydrogens is 328 g/mol. The molecule has 0 spiro atoms.